The van der Waals surface area contributed by atoms with Gasteiger partial charge in [0, 0.05) is 12.0 Å². The van der Waals surface area contributed by atoms with Gasteiger partial charge in [-0.3, -0.25) is 4.79 Å². The van der Waals surface area contributed by atoms with Gasteiger partial charge in [-0.2, -0.15) is 0 Å². The number of hydrogen-bond acceptors (Lipinski definition) is 5. The molecule has 0 saturated heterocycles. The summed E-state index contributed by atoms with van der Waals surface area (Å²) in [4.78, 5) is 12.3. The Kier molecular flexibility index (Phi) is 7.11. The number of ketones is 1. The molecule has 5 nitrogen and oxygen atoms in total. The van der Waals surface area contributed by atoms with Crippen molar-refractivity contribution in [1.82, 2.24) is 0 Å². The molecule has 130 valence electrons. The highest BCUT2D eigenvalue weighted by molar-refractivity contribution is 6.00. The molecule has 0 fully saturated rings. The lowest BCUT2D eigenvalue weighted by Gasteiger charge is -2.10. The number of aromatic hydroxyl groups is 2. The zero-order valence-electron chi connectivity index (χ0n) is 14.7. The maximum Gasteiger partial charge on any atom is 0.170 e. The Labute approximate surface area is 142 Å². The summed E-state index contributed by atoms with van der Waals surface area (Å²) in [6.45, 7) is 5.55. The van der Waals surface area contributed by atoms with Crippen molar-refractivity contribution in [3.63, 3.8) is 0 Å². The normalized spacial score (nSPS) is 9.71. The van der Waals surface area contributed by atoms with Crippen LogP contribution >= 0.6 is 0 Å². The standard InChI is InChI=1S/C17H18O5.C2H6/c1-10-13(18)6-5-12(17(10)20)14(19)8-11-4-7-15(21-2)16(9-11)22-3;1-2/h4-7,9,18,20H,8H2,1-3H3;1-2H3. The number of ether oxygens (including phenoxy) is 2. The van der Waals surface area contributed by atoms with Gasteiger partial charge in [-0.1, -0.05) is 19.9 Å². The van der Waals surface area contributed by atoms with Gasteiger partial charge in [0.1, 0.15) is 11.5 Å². The zero-order valence-corrected chi connectivity index (χ0v) is 14.7. The molecule has 5 heteroatoms. The molecule has 0 aliphatic carbocycles. The molecule has 2 rings (SSSR count). The summed E-state index contributed by atoms with van der Waals surface area (Å²) >= 11 is 0. The molecule has 2 N–H and O–H groups in total. The largest absolute Gasteiger partial charge is 0.508 e. The molecule has 0 aliphatic rings. The number of phenols is 2. The van der Waals surface area contributed by atoms with Gasteiger partial charge < -0.3 is 19.7 Å². The summed E-state index contributed by atoms with van der Waals surface area (Å²) in [6.07, 6.45) is 0.109. The van der Waals surface area contributed by atoms with Crippen molar-refractivity contribution in [2.45, 2.75) is 27.2 Å². The Balaban J connectivity index is 0.00000139. The van der Waals surface area contributed by atoms with E-state index in [9.17, 15) is 15.0 Å². The summed E-state index contributed by atoms with van der Waals surface area (Å²) < 4.78 is 10.4. The first-order chi connectivity index (χ1) is 11.5. The topological polar surface area (TPSA) is 76.0 Å². The minimum Gasteiger partial charge on any atom is -0.508 e. The first kappa shape index (κ1) is 19.4. The van der Waals surface area contributed by atoms with E-state index in [1.807, 2.05) is 13.8 Å². The van der Waals surface area contributed by atoms with E-state index in [1.54, 1.807) is 32.2 Å². The average molecular weight is 332 g/mol. The molecule has 0 aromatic heterocycles. The molecular weight excluding hydrogens is 308 g/mol. The molecular formula is C19H24O5. The van der Waals surface area contributed by atoms with E-state index in [4.69, 9.17) is 9.47 Å². The third-order valence-corrected chi connectivity index (χ3v) is 3.52. The predicted molar refractivity (Wildman–Crippen MR) is 93.4 cm³/mol. The second kappa shape index (κ2) is 8.82. The molecule has 0 unspecified atom stereocenters. The fourth-order valence-electron chi connectivity index (χ4n) is 2.19. The van der Waals surface area contributed by atoms with Gasteiger partial charge in [0.15, 0.2) is 17.3 Å². The number of Topliss-reactive ketones (excluding diaryl/α,β-unsaturated/α-hetero) is 1. The van der Waals surface area contributed by atoms with Crippen molar-refractivity contribution in [3.05, 3.63) is 47.0 Å². The number of benzene rings is 2. The minimum absolute atomic E-state index is 0.0415. The summed E-state index contributed by atoms with van der Waals surface area (Å²) in [5, 5.41) is 19.5. The van der Waals surface area contributed by atoms with Crippen molar-refractivity contribution in [2.75, 3.05) is 14.2 Å². The molecule has 0 aliphatic heterocycles. The smallest absolute Gasteiger partial charge is 0.170 e. The predicted octanol–water partition coefficient (Wildman–Crippen LogP) is 3.88. The first-order valence-corrected chi connectivity index (χ1v) is 7.73. The van der Waals surface area contributed by atoms with E-state index in [1.165, 1.54) is 19.2 Å². The van der Waals surface area contributed by atoms with Gasteiger partial charge >= 0.3 is 0 Å². The van der Waals surface area contributed by atoms with Crippen molar-refractivity contribution in [2.24, 2.45) is 0 Å². The lowest BCUT2D eigenvalue weighted by Crippen LogP contribution is -2.05. The Morgan fingerprint density at radius 2 is 1.62 bits per heavy atom. The van der Waals surface area contributed by atoms with Crippen molar-refractivity contribution < 1.29 is 24.5 Å². The van der Waals surface area contributed by atoms with Crippen molar-refractivity contribution in [1.29, 1.82) is 0 Å². The van der Waals surface area contributed by atoms with Crippen LogP contribution in [-0.2, 0) is 6.42 Å². The van der Waals surface area contributed by atoms with Gasteiger partial charge in [-0.25, -0.2) is 0 Å². The molecule has 24 heavy (non-hydrogen) atoms. The molecule has 2 aromatic rings. The van der Waals surface area contributed by atoms with Crippen molar-refractivity contribution >= 4 is 5.78 Å². The van der Waals surface area contributed by atoms with E-state index in [0.29, 0.717) is 11.5 Å². The summed E-state index contributed by atoms with van der Waals surface area (Å²) in [5.41, 5.74) is 1.22. The fraction of sp³-hybridized carbons (Fsp3) is 0.316. The molecule has 0 atom stereocenters. The molecule has 0 amide bonds. The molecule has 0 radical (unpaired) electrons. The maximum absolute atomic E-state index is 12.3. The first-order valence-electron chi connectivity index (χ1n) is 7.73. The van der Waals surface area contributed by atoms with Crippen LogP contribution in [0.15, 0.2) is 30.3 Å². The van der Waals surface area contributed by atoms with Gasteiger partial charge in [-0.15, -0.1) is 0 Å². The third kappa shape index (κ3) is 4.19. The van der Waals surface area contributed by atoms with E-state index in [2.05, 4.69) is 0 Å². The van der Waals surface area contributed by atoms with Crippen LogP contribution in [0.2, 0.25) is 0 Å². The quantitative estimate of drug-likeness (QED) is 0.813. The number of hydrogen-bond donors (Lipinski definition) is 2. The molecule has 0 heterocycles. The minimum atomic E-state index is -0.243. The van der Waals surface area contributed by atoms with Crippen LogP contribution in [-0.4, -0.2) is 30.2 Å². The summed E-state index contributed by atoms with van der Waals surface area (Å²) in [5.74, 6) is 0.652. The SMILES string of the molecule is CC.COc1ccc(CC(=O)c2ccc(O)c(C)c2O)cc1OC. The highest BCUT2D eigenvalue weighted by atomic mass is 16.5. The van der Waals surface area contributed by atoms with Gasteiger partial charge in [-0.05, 0) is 36.8 Å². The van der Waals surface area contributed by atoms with Crippen LogP contribution in [0, 0.1) is 6.92 Å². The van der Waals surface area contributed by atoms with E-state index < -0.39 is 0 Å². The number of phenolic OH excluding ortho intramolecular Hbond substituents is 2. The Bertz CT molecular complexity index is 707. The molecule has 0 bridgehead atoms. The molecule has 0 saturated carbocycles. The monoisotopic (exact) mass is 332 g/mol. The van der Waals surface area contributed by atoms with Crippen molar-refractivity contribution in [3.8, 4) is 23.0 Å². The van der Waals surface area contributed by atoms with Crippen LogP contribution in [0.25, 0.3) is 0 Å². The van der Waals surface area contributed by atoms with Gasteiger partial charge in [0.25, 0.3) is 0 Å². The van der Waals surface area contributed by atoms with E-state index in [-0.39, 0.29) is 34.8 Å². The summed E-state index contributed by atoms with van der Waals surface area (Å²) in [7, 11) is 3.07. The van der Waals surface area contributed by atoms with E-state index >= 15 is 0 Å². The molecule has 0 spiro atoms. The summed E-state index contributed by atoms with van der Waals surface area (Å²) in [6, 6.07) is 8.03. The van der Waals surface area contributed by atoms with Crippen LogP contribution < -0.4 is 9.47 Å². The Morgan fingerprint density at radius 3 is 2.21 bits per heavy atom. The fourth-order valence-corrected chi connectivity index (χ4v) is 2.19. The number of carbonyl (C=O) groups excluding carboxylic acids is 1. The number of carbonyl (C=O) groups is 1. The lowest BCUT2D eigenvalue weighted by molar-refractivity contribution is 0.0990. The Morgan fingerprint density at radius 1 is 1.00 bits per heavy atom. The van der Waals surface area contributed by atoms with Crippen LogP contribution in [0.4, 0.5) is 0 Å². The highest BCUT2D eigenvalue weighted by Crippen LogP contribution is 2.31. The maximum atomic E-state index is 12.3. The second-order valence-electron chi connectivity index (χ2n) is 4.90. The van der Waals surface area contributed by atoms with Crippen LogP contribution in [0.3, 0.4) is 0 Å². The number of rotatable bonds is 5. The third-order valence-electron chi connectivity index (χ3n) is 3.52. The van der Waals surface area contributed by atoms with Gasteiger partial charge in [0.2, 0.25) is 0 Å². The van der Waals surface area contributed by atoms with Crippen LogP contribution in [0.1, 0.15) is 35.3 Å². The highest BCUT2D eigenvalue weighted by Gasteiger charge is 2.16. The lowest BCUT2D eigenvalue weighted by atomic mass is 9.99. The molecule has 2 aromatic carbocycles. The average Bonchev–Trinajstić information content (AvgIpc) is 2.61. The number of methoxy groups -OCH3 is 2. The van der Waals surface area contributed by atoms with Crippen LogP contribution in [0.5, 0.6) is 23.0 Å². The van der Waals surface area contributed by atoms with Gasteiger partial charge in [0.05, 0.1) is 19.8 Å². The van der Waals surface area contributed by atoms with E-state index in [0.717, 1.165) is 5.56 Å². The second-order valence-corrected chi connectivity index (χ2v) is 4.90. The Hall–Kier alpha value is -2.69. The zero-order chi connectivity index (χ0) is 18.3.